The molecule has 0 amide bonds. The molecule has 0 saturated carbocycles. The summed E-state index contributed by atoms with van der Waals surface area (Å²) in [5.74, 6) is -1.97. The van der Waals surface area contributed by atoms with Crippen molar-refractivity contribution in [3.63, 3.8) is 0 Å². The van der Waals surface area contributed by atoms with Gasteiger partial charge in [0, 0.05) is 11.1 Å². The van der Waals surface area contributed by atoms with Gasteiger partial charge in [0.2, 0.25) is 0 Å². The van der Waals surface area contributed by atoms with Crippen molar-refractivity contribution in [3.05, 3.63) is 52.0 Å². The van der Waals surface area contributed by atoms with E-state index in [-0.39, 0.29) is 16.5 Å². The smallest absolute Gasteiger partial charge is 0.264 e. The van der Waals surface area contributed by atoms with Crippen molar-refractivity contribution < 1.29 is 21.9 Å². The van der Waals surface area contributed by atoms with Gasteiger partial charge < -0.3 is 4.74 Å². The number of rotatable bonds is 4. The molecule has 0 aliphatic rings. The Bertz CT molecular complexity index is 828. The molecule has 0 spiro atoms. The van der Waals surface area contributed by atoms with Crippen LogP contribution in [0.5, 0.6) is 5.75 Å². The lowest BCUT2D eigenvalue weighted by atomic mass is 10.3. The minimum Gasteiger partial charge on any atom is -0.494 e. The van der Waals surface area contributed by atoms with E-state index < -0.39 is 31.6 Å². The molecule has 0 fully saturated rings. The van der Waals surface area contributed by atoms with E-state index in [1.165, 1.54) is 19.2 Å². The molecule has 0 aliphatic carbocycles. The number of benzene rings is 2. The van der Waals surface area contributed by atoms with Crippen molar-refractivity contribution in [2.24, 2.45) is 0 Å². The zero-order valence-electron chi connectivity index (χ0n) is 11.0. The Labute approximate surface area is 135 Å². The van der Waals surface area contributed by atoms with Crippen molar-refractivity contribution in [2.75, 3.05) is 11.8 Å². The SMILES string of the molecule is COc1ccc(NS(=O)(=O)c2cc(Cl)cc(Cl)c2F)cc1F. The zero-order chi connectivity index (χ0) is 16.5. The molecule has 22 heavy (non-hydrogen) atoms. The normalized spacial score (nSPS) is 11.3. The first-order valence-electron chi connectivity index (χ1n) is 5.75. The van der Waals surface area contributed by atoms with Gasteiger partial charge in [0.15, 0.2) is 17.4 Å². The van der Waals surface area contributed by atoms with Crippen molar-refractivity contribution in [1.29, 1.82) is 0 Å². The molecular formula is C13H9Cl2F2NO3S. The van der Waals surface area contributed by atoms with Gasteiger partial charge in [-0.25, -0.2) is 17.2 Å². The van der Waals surface area contributed by atoms with Crippen LogP contribution in [0.25, 0.3) is 0 Å². The number of halogens is 4. The van der Waals surface area contributed by atoms with Gasteiger partial charge in [-0.15, -0.1) is 0 Å². The molecule has 0 heterocycles. The minimum atomic E-state index is -4.33. The highest BCUT2D eigenvalue weighted by molar-refractivity contribution is 7.92. The summed E-state index contributed by atoms with van der Waals surface area (Å²) in [4.78, 5) is -0.735. The van der Waals surface area contributed by atoms with Crippen LogP contribution in [0.4, 0.5) is 14.5 Å². The maximum Gasteiger partial charge on any atom is 0.264 e. The van der Waals surface area contributed by atoms with Crippen LogP contribution >= 0.6 is 23.2 Å². The molecule has 9 heteroatoms. The van der Waals surface area contributed by atoms with Gasteiger partial charge in [-0.2, -0.15) is 0 Å². The maximum atomic E-state index is 13.9. The van der Waals surface area contributed by atoms with E-state index in [0.717, 1.165) is 18.2 Å². The van der Waals surface area contributed by atoms with Crippen LogP contribution in [0.2, 0.25) is 10.0 Å². The van der Waals surface area contributed by atoms with Gasteiger partial charge in [-0.1, -0.05) is 23.2 Å². The minimum absolute atomic E-state index is 0.0484. The number of nitrogens with one attached hydrogen (secondary N) is 1. The molecule has 0 aromatic heterocycles. The summed E-state index contributed by atoms with van der Waals surface area (Å²) in [5.41, 5.74) is -0.103. The molecule has 2 aromatic carbocycles. The zero-order valence-corrected chi connectivity index (χ0v) is 13.4. The number of hydrogen-bond donors (Lipinski definition) is 1. The summed E-state index contributed by atoms with van der Waals surface area (Å²) in [6.45, 7) is 0. The van der Waals surface area contributed by atoms with Crippen molar-refractivity contribution in [2.45, 2.75) is 4.90 Å². The number of sulfonamides is 1. The third kappa shape index (κ3) is 3.43. The molecule has 2 aromatic rings. The highest BCUT2D eigenvalue weighted by Crippen LogP contribution is 2.29. The number of anilines is 1. The number of methoxy groups -OCH3 is 1. The van der Waals surface area contributed by atoms with Gasteiger partial charge >= 0.3 is 0 Å². The second-order valence-corrected chi connectivity index (χ2v) is 6.65. The second kappa shape index (κ2) is 6.28. The van der Waals surface area contributed by atoms with Gasteiger partial charge in [-0.05, 0) is 24.3 Å². The molecule has 1 N–H and O–H groups in total. The van der Waals surface area contributed by atoms with E-state index in [9.17, 15) is 17.2 Å². The van der Waals surface area contributed by atoms with Crippen LogP contribution in [-0.2, 0) is 10.0 Å². The van der Waals surface area contributed by atoms with Gasteiger partial charge in [0.1, 0.15) is 4.90 Å². The third-order valence-electron chi connectivity index (χ3n) is 2.65. The van der Waals surface area contributed by atoms with Crippen LogP contribution in [0, 0.1) is 11.6 Å². The molecule has 0 bridgehead atoms. The fourth-order valence-corrected chi connectivity index (χ4v) is 3.46. The van der Waals surface area contributed by atoms with Crippen LogP contribution in [0.1, 0.15) is 0 Å². The Morgan fingerprint density at radius 1 is 1.14 bits per heavy atom. The largest absolute Gasteiger partial charge is 0.494 e. The Morgan fingerprint density at radius 2 is 1.82 bits per heavy atom. The molecule has 2 rings (SSSR count). The predicted octanol–water partition coefficient (Wildman–Crippen LogP) is 4.08. The molecule has 0 radical (unpaired) electrons. The molecule has 0 atom stereocenters. The summed E-state index contributed by atoms with van der Waals surface area (Å²) >= 11 is 11.2. The predicted molar refractivity (Wildman–Crippen MR) is 80.2 cm³/mol. The lowest BCUT2D eigenvalue weighted by Crippen LogP contribution is -2.15. The lowest BCUT2D eigenvalue weighted by molar-refractivity contribution is 0.386. The molecular weight excluding hydrogens is 359 g/mol. The Morgan fingerprint density at radius 3 is 2.41 bits per heavy atom. The van der Waals surface area contributed by atoms with Gasteiger partial charge in [0.25, 0.3) is 10.0 Å². The summed E-state index contributed by atoms with van der Waals surface area (Å²) in [6.07, 6.45) is 0. The average molecular weight is 368 g/mol. The van der Waals surface area contributed by atoms with E-state index in [1.54, 1.807) is 0 Å². The Kier molecular flexibility index (Phi) is 4.79. The molecule has 0 saturated heterocycles. The van der Waals surface area contributed by atoms with E-state index in [1.807, 2.05) is 4.72 Å². The fourth-order valence-electron chi connectivity index (χ4n) is 1.67. The quantitative estimate of drug-likeness (QED) is 0.828. The molecule has 0 aliphatic heterocycles. The van der Waals surface area contributed by atoms with E-state index in [4.69, 9.17) is 27.9 Å². The highest BCUT2D eigenvalue weighted by Gasteiger charge is 2.22. The van der Waals surface area contributed by atoms with Crippen molar-refractivity contribution >= 4 is 38.9 Å². The second-order valence-electron chi connectivity index (χ2n) is 4.15. The first kappa shape index (κ1) is 16.8. The third-order valence-corrected chi connectivity index (χ3v) is 4.53. The van der Waals surface area contributed by atoms with E-state index in [2.05, 4.69) is 0 Å². The standard InChI is InChI=1S/C13H9Cl2F2NO3S/c1-21-11-3-2-8(6-10(11)16)18-22(19,20)12-5-7(14)4-9(15)13(12)17/h2-6,18H,1H3. The van der Waals surface area contributed by atoms with E-state index in [0.29, 0.717) is 0 Å². The van der Waals surface area contributed by atoms with Crippen LogP contribution < -0.4 is 9.46 Å². The summed E-state index contributed by atoms with van der Waals surface area (Å²) < 4.78 is 58.5. The van der Waals surface area contributed by atoms with Gasteiger partial charge in [0.05, 0.1) is 17.8 Å². The Balaban J connectivity index is 2.42. The first-order valence-corrected chi connectivity index (χ1v) is 7.99. The van der Waals surface area contributed by atoms with Crippen LogP contribution in [-0.4, -0.2) is 15.5 Å². The van der Waals surface area contributed by atoms with Crippen molar-refractivity contribution in [1.82, 2.24) is 0 Å². The summed E-state index contributed by atoms with van der Waals surface area (Å²) in [7, 11) is -3.06. The first-order chi connectivity index (χ1) is 10.2. The molecule has 4 nitrogen and oxygen atoms in total. The monoisotopic (exact) mass is 367 g/mol. The van der Waals surface area contributed by atoms with Crippen LogP contribution in [0.3, 0.4) is 0 Å². The van der Waals surface area contributed by atoms with Gasteiger partial charge in [-0.3, -0.25) is 4.72 Å². The fraction of sp³-hybridized carbons (Fsp3) is 0.0769. The number of hydrogen-bond acceptors (Lipinski definition) is 3. The lowest BCUT2D eigenvalue weighted by Gasteiger charge is -2.11. The molecule has 0 unspecified atom stereocenters. The summed E-state index contributed by atoms with van der Waals surface area (Å²) in [5, 5.41) is -0.485. The topological polar surface area (TPSA) is 55.4 Å². The van der Waals surface area contributed by atoms with Crippen molar-refractivity contribution in [3.8, 4) is 5.75 Å². The molecule has 118 valence electrons. The highest BCUT2D eigenvalue weighted by atomic mass is 35.5. The number of ether oxygens (including phenoxy) is 1. The average Bonchev–Trinajstić information content (AvgIpc) is 2.42. The summed E-state index contributed by atoms with van der Waals surface area (Å²) in [6, 6.07) is 5.38. The van der Waals surface area contributed by atoms with Crippen LogP contribution in [0.15, 0.2) is 35.2 Å². The maximum absolute atomic E-state index is 13.9. The Hall–Kier alpha value is -1.57. The van der Waals surface area contributed by atoms with E-state index >= 15 is 0 Å².